The zero-order chi connectivity index (χ0) is 20.9. The SMILES string of the molecule is CCN(CC)c1ncc(Cl)c(C(=O)NCC2(c3cccc(Cl)c3)CCOCC2)n1. The molecule has 1 saturated heterocycles. The van der Waals surface area contributed by atoms with E-state index in [0.717, 1.165) is 31.5 Å². The maximum Gasteiger partial charge on any atom is 0.271 e. The van der Waals surface area contributed by atoms with Crippen molar-refractivity contribution >= 4 is 35.1 Å². The molecule has 0 radical (unpaired) electrons. The molecule has 0 bridgehead atoms. The molecule has 6 nitrogen and oxygen atoms in total. The summed E-state index contributed by atoms with van der Waals surface area (Å²) < 4.78 is 5.56. The Morgan fingerprint density at radius 2 is 1.97 bits per heavy atom. The first-order valence-corrected chi connectivity index (χ1v) is 10.6. The van der Waals surface area contributed by atoms with Gasteiger partial charge in [-0.15, -0.1) is 0 Å². The Bertz CT molecular complexity index is 852. The van der Waals surface area contributed by atoms with Crippen LogP contribution < -0.4 is 10.2 Å². The molecule has 1 aliphatic heterocycles. The van der Waals surface area contributed by atoms with Crippen LogP contribution in [0.1, 0.15) is 42.7 Å². The van der Waals surface area contributed by atoms with Crippen molar-refractivity contribution in [2.45, 2.75) is 32.1 Å². The third kappa shape index (κ3) is 5.00. The summed E-state index contributed by atoms with van der Waals surface area (Å²) in [5.74, 6) is 0.193. The predicted octanol–water partition coefficient (Wildman–Crippen LogP) is 4.11. The molecule has 29 heavy (non-hydrogen) atoms. The van der Waals surface area contributed by atoms with Crippen molar-refractivity contribution in [1.82, 2.24) is 15.3 Å². The van der Waals surface area contributed by atoms with E-state index in [0.29, 0.717) is 30.7 Å². The van der Waals surface area contributed by atoms with Crippen LogP contribution in [0, 0.1) is 0 Å². The zero-order valence-electron chi connectivity index (χ0n) is 16.8. The molecule has 1 N–H and O–H groups in total. The topological polar surface area (TPSA) is 67.4 Å². The molecule has 0 saturated carbocycles. The van der Waals surface area contributed by atoms with Gasteiger partial charge in [0.1, 0.15) is 0 Å². The summed E-state index contributed by atoms with van der Waals surface area (Å²) in [6.07, 6.45) is 3.09. The van der Waals surface area contributed by atoms with E-state index < -0.39 is 0 Å². The van der Waals surface area contributed by atoms with Crippen molar-refractivity contribution in [1.29, 1.82) is 0 Å². The number of benzene rings is 1. The third-order valence-corrected chi connectivity index (χ3v) is 5.98. The summed E-state index contributed by atoms with van der Waals surface area (Å²) in [4.78, 5) is 23.6. The second kappa shape index (κ2) is 9.74. The summed E-state index contributed by atoms with van der Waals surface area (Å²) in [7, 11) is 0. The Morgan fingerprint density at radius 1 is 1.24 bits per heavy atom. The Morgan fingerprint density at radius 3 is 2.62 bits per heavy atom. The number of hydrogen-bond acceptors (Lipinski definition) is 5. The molecule has 0 unspecified atom stereocenters. The lowest BCUT2D eigenvalue weighted by molar-refractivity contribution is 0.0486. The van der Waals surface area contributed by atoms with Crippen molar-refractivity contribution in [2.75, 3.05) is 37.7 Å². The second-order valence-electron chi connectivity index (χ2n) is 7.12. The number of carbonyl (C=O) groups is 1. The Kier molecular flexibility index (Phi) is 7.33. The van der Waals surface area contributed by atoms with Gasteiger partial charge in [-0.2, -0.15) is 0 Å². The van der Waals surface area contributed by atoms with Crippen LogP contribution in [0.5, 0.6) is 0 Å². The summed E-state index contributed by atoms with van der Waals surface area (Å²) >= 11 is 12.5. The smallest absolute Gasteiger partial charge is 0.271 e. The van der Waals surface area contributed by atoms with Crippen LogP contribution in [0.3, 0.4) is 0 Å². The van der Waals surface area contributed by atoms with Gasteiger partial charge in [0, 0.05) is 43.3 Å². The lowest BCUT2D eigenvalue weighted by atomic mass is 9.74. The predicted molar refractivity (Wildman–Crippen MR) is 116 cm³/mol. The number of ether oxygens (including phenoxy) is 1. The lowest BCUT2D eigenvalue weighted by Gasteiger charge is -2.38. The quantitative estimate of drug-likeness (QED) is 0.706. The molecule has 2 heterocycles. The van der Waals surface area contributed by atoms with Gasteiger partial charge in [0.2, 0.25) is 5.95 Å². The summed E-state index contributed by atoms with van der Waals surface area (Å²) in [6.45, 7) is 7.26. The maximum absolute atomic E-state index is 12.9. The van der Waals surface area contributed by atoms with Gasteiger partial charge in [0.05, 0.1) is 11.2 Å². The average molecular weight is 437 g/mol. The highest BCUT2D eigenvalue weighted by Crippen LogP contribution is 2.35. The van der Waals surface area contributed by atoms with Crippen molar-refractivity contribution in [3.05, 3.63) is 51.8 Å². The number of carbonyl (C=O) groups excluding carboxylic acids is 1. The van der Waals surface area contributed by atoms with Crippen LogP contribution in [0.25, 0.3) is 0 Å². The van der Waals surface area contributed by atoms with Crippen LogP contribution in [-0.2, 0) is 10.2 Å². The van der Waals surface area contributed by atoms with Crippen molar-refractivity contribution in [2.24, 2.45) is 0 Å². The molecule has 0 spiro atoms. The van der Waals surface area contributed by atoms with E-state index in [1.807, 2.05) is 36.9 Å². The van der Waals surface area contributed by atoms with E-state index in [4.69, 9.17) is 27.9 Å². The first-order chi connectivity index (χ1) is 14.0. The summed E-state index contributed by atoms with van der Waals surface area (Å²) in [5, 5.41) is 3.96. The largest absolute Gasteiger partial charge is 0.381 e. The van der Waals surface area contributed by atoms with E-state index in [1.165, 1.54) is 6.20 Å². The molecule has 3 rings (SSSR count). The zero-order valence-corrected chi connectivity index (χ0v) is 18.3. The molecular formula is C21H26Cl2N4O2. The molecule has 1 amide bonds. The van der Waals surface area contributed by atoms with E-state index in [1.54, 1.807) is 0 Å². The van der Waals surface area contributed by atoms with Gasteiger partial charge in [-0.25, -0.2) is 9.97 Å². The molecular weight excluding hydrogens is 411 g/mol. The first-order valence-electron chi connectivity index (χ1n) is 9.88. The van der Waals surface area contributed by atoms with Gasteiger partial charge in [-0.3, -0.25) is 4.79 Å². The average Bonchev–Trinajstić information content (AvgIpc) is 2.74. The van der Waals surface area contributed by atoms with Crippen LogP contribution in [-0.4, -0.2) is 48.7 Å². The Balaban J connectivity index is 1.81. The minimum absolute atomic E-state index is 0.192. The number of rotatable bonds is 7. The molecule has 0 aliphatic carbocycles. The fraction of sp³-hybridized carbons (Fsp3) is 0.476. The molecule has 1 fully saturated rings. The fourth-order valence-corrected chi connectivity index (χ4v) is 4.02. The normalized spacial score (nSPS) is 15.7. The van der Waals surface area contributed by atoms with Crippen LogP contribution in [0.15, 0.2) is 30.5 Å². The Hall–Kier alpha value is -1.89. The van der Waals surface area contributed by atoms with Gasteiger partial charge in [-0.1, -0.05) is 35.3 Å². The fourth-order valence-electron chi connectivity index (χ4n) is 3.66. The number of nitrogens with one attached hydrogen (secondary N) is 1. The van der Waals surface area contributed by atoms with E-state index >= 15 is 0 Å². The number of halogens is 2. The summed E-state index contributed by atoms with van der Waals surface area (Å²) in [6, 6.07) is 7.81. The molecule has 8 heteroatoms. The van der Waals surface area contributed by atoms with E-state index in [-0.39, 0.29) is 22.0 Å². The summed E-state index contributed by atoms with van der Waals surface area (Å²) in [5.41, 5.74) is 1.06. The monoisotopic (exact) mass is 436 g/mol. The van der Waals surface area contributed by atoms with Crippen molar-refractivity contribution < 1.29 is 9.53 Å². The molecule has 1 aliphatic rings. The molecule has 2 aromatic rings. The van der Waals surface area contributed by atoms with E-state index in [9.17, 15) is 4.79 Å². The Labute approximate surface area is 181 Å². The molecule has 0 atom stereocenters. The second-order valence-corrected chi connectivity index (χ2v) is 7.97. The molecule has 1 aromatic heterocycles. The minimum atomic E-state index is -0.307. The van der Waals surface area contributed by atoms with Gasteiger partial charge in [-0.05, 0) is 44.4 Å². The lowest BCUT2D eigenvalue weighted by Crippen LogP contribution is -2.44. The standard InChI is InChI=1S/C21H26Cl2N4O2/c1-3-27(4-2)20-24-13-17(23)18(26-20)19(28)25-14-21(8-10-29-11-9-21)15-6-5-7-16(22)12-15/h5-7,12-13H,3-4,8-11,14H2,1-2H3,(H,25,28). The van der Waals surface area contributed by atoms with Crippen LogP contribution in [0.4, 0.5) is 5.95 Å². The highest BCUT2D eigenvalue weighted by Gasteiger charge is 2.35. The van der Waals surface area contributed by atoms with Crippen LogP contribution >= 0.6 is 23.2 Å². The van der Waals surface area contributed by atoms with Crippen molar-refractivity contribution in [3.8, 4) is 0 Å². The van der Waals surface area contributed by atoms with Crippen molar-refractivity contribution in [3.63, 3.8) is 0 Å². The molecule has 1 aromatic carbocycles. The first kappa shape index (κ1) is 21.8. The van der Waals surface area contributed by atoms with Gasteiger partial charge in [0.15, 0.2) is 5.69 Å². The van der Waals surface area contributed by atoms with E-state index in [2.05, 4.69) is 21.4 Å². The third-order valence-electron chi connectivity index (χ3n) is 5.47. The van der Waals surface area contributed by atoms with Gasteiger partial charge < -0.3 is 15.0 Å². The minimum Gasteiger partial charge on any atom is -0.381 e. The number of anilines is 1. The number of hydrogen-bond donors (Lipinski definition) is 1. The highest BCUT2D eigenvalue weighted by molar-refractivity contribution is 6.33. The van der Waals surface area contributed by atoms with Crippen LogP contribution in [0.2, 0.25) is 10.0 Å². The van der Waals surface area contributed by atoms with Gasteiger partial charge in [0.25, 0.3) is 5.91 Å². The molecule has 156 valence electrons. The maximum atomic E-state index is 12.9. The van der Waals surface area contributed by atoms with Gasteiger partial charge >= 0.3 is 0 Å². The highest BCUT2D eigenvalue weighted by atomic mass is 35.5. The number of aromatic nitrogens is 2. The number of amides is 1. The number of nitrogens with zero attached hydrogens (tertiary/aromatic N) is 3.